The van der Waals surface area contributed by atoms with E-state index < -0.39 is 12.2 Å². The van der Waals surface area contributed by atoms with Gasteiger partial charge in [-0.25, -0.2) is 4.39 Å². The highest BCUT2D eigenvalue weighted by Gasteiger charge is 2.56. The van der Waals surface area contributed by atoms with Gasteiger partial charge in [0, 0.05) is 24.1 Å². The number of hydrogen-bond acceptors (Lipinski definition) is 5. The first kappa shape index (κ1) is 16.1. The Bertz CT molecular complexity index is 755. The first-order valence-corrected chi connectivity index (χ1v) is 8.66. The van der Waals surface area contributed by atoms with Crippen molar-refractivity contribution in [2.45, 2.75) is 38.4 Å². The number of likely N-dealkylation sites (tertiary alicyclic amines) is 1. The molecule has 2 unspecified atom stereocenters. The van der Waals surface area contributed by atoms with Crippen molar-refractivity contribution in [1.82, 2.24) is 15.1 Å². The monoisotopic (exact) mass is 344 g/mol. The Morgan fingerprint density at radius 2 is 2.00 bits per heavy atom. The summed E-state index contributed by atoms with van der Waals surface area (Å²) in [4.78, 5) is 14.4. The van der Waals surface area contributed by atoms with Gasteiger partial charge in [-0.05, 0) is 38.3 Å². The molecule has 0 radical (unpaired) electrons. The number of carbonyl (C=O) groups is 1. The number of aromatic nitrogens is 2. The molecule has 2 atom stereocenters. The number of benzene rings is 1. The average molecular weight is 344 g/mol. The number of carbonyl (C=O) groups excluding carboxylic acids is 1. The smallest absolute Gasteiger partial charge is 0.316 e. The number of nitrogens with one attached hydrogen (secondary N) is 1. The molecule has 1 aromatic heterocycles. The maximum absolute atomic E-state index is 13.4. The normalized spacial score (nSPS) is 22.6. The molecular weight excluding hydrogens is 323 g/mol. The van der Waals surface area contributed by atoms with E-state index in [2.05, 4.69) is 15.5 Å². The number of rotatable bonds is 4. The van der Waals surface area contributed by atoms with E-state index >= 15 is 0 Å². The molecule has 2 heterocycles. The molecule has 25 heavy (non-hydrogen) atoms. The topological polar surface area (TPSA) is 71.3 Å². The van der Waals surface area contributed by atoms with Crippen LogP contribution in [0.1, 0.15) is 26.2 Å². The highest BCUT2D eigenvalue weighted by molar-refractivity contribution is 5.83. The standard InChI is InChI=1S/C18H21FN4O2/c1-12(16(24)23-9-7-18(8-10-23)11-14(18)19)20-17-22-21-15(25-17)13-5-3-2-4-6-13/h2-6,12,14H,7-11H2,1H3,(H,20,22). The summed E-state index contributed by atoms with van der Waals surface area (Å²) in [6.07, 6.45) is 1.50. The van der Waals surface area contributed by atoms with Gasteiger partial charge in [0.05, 0.1) is 0 Å². The first-order chi connectivity index (χ1) is 12.1. The molecule has 1 amide bonds. The fourth-order valence-corrected chi connectivity index (χ4v) is 3.49. The number of amides is 1. The molecule has 1 aliphatic heterocycles. The third-order valence-electron chi connectivity index (χ3n) is 5.32. The number of piperidine rings is 1. The molecule has 132 valence electrons. The lowest BCUT2D eigenvalue weighted by Crippen LogP contribution is -2.46. The van der Waals surface area contributed by atoms with Gasteiger partial charge in [-0.2, -0.15) is 0 Å². The van der Waals surface area contributed by atoms with Crippen LogP contribution >= 0.6 is 0 Å². The van der Waals surface area contributed by atoms with Crippen molar-refractivity contribution in [2.24, 2.45) is 5.41 Å². The summed E-state index contributed by atoms with van der Waals surface area (Å²) in [5, 5.41) is 10.9. The van der Waals surface area contributed by atoms with Crippen LogP contribution in [0.15, 0.2) is 34.7 Å². The van der Waals surface area contributed by atoms with E-state index in [9.17, 15) is 9.18 Å². The second-order valence-corrected chi connectivity index (χ2v) is 7.00. The van der Waals surface area contributed by atoms with Crippen molar-refractivity contribution >= 4 is 11.9 Å². The molecule has 2 fully saturated rings. The lowest BCUT2D eigenvalue weighted by atomic mass is 9.93. The lowest BCUT2D eigenvalue weighted by Gasteiger charge is -2.33. The van der Waals surface area contributed by atoms with Gasteiger partial charge < -0.3 is 14.6 Å². The number of anilines is 1. The number of halogens is 1. The van der Waals surface area contributed by atoms with Crippen LogP contribution in [-0.2, 0) is 4.79 Å². The van der Waals surface area contributed by atoms with E-state index in [1.807, 2.05) is 30.3 Å². The Hall–Kier alpha value is -2.44. The highest BCUT2D eigenvalue weighted by Crippen LogP contribution is 2.55. The van der Waals surface area contributed by atoms with Crippen molar-refractivity contribution in [1.29, 1.82) is 0 Å². The summed E-state index contributed by atoms with van der Waals surface area (Å²) in [6.45, 7) is 3.00. The molecule has 1 spiro atoms. The first-order valence-electron chi connectivity index (χ1n) is 8.66. The molecule has 2 aromatic rings. The molecule has 1 saturated carbocycles. The molecule has 4 rings (SSSR count). The fourth-order valence-electron chi connectivity index (χ4n) is 3.49. The number of hydrogen-bond donors (Lipinski definition) is 1. The Morgan fingerprint density at radius 3 is 2.64 bits per heavy atom. The summed E-state index contributed by atoms with van der Waals surface area (Å²) in [5.74, 6) is 0.385. The maximum Gasteiger partial charge on any atom is 0.316 e. The van der Waals surface area contributed by atoms with Gasteiger partial charge >= 0.3 is 6.01 Å². The summed E-state index contributed by atoms with van der Waals surface area (Å²) in [5.41, 5.74) is 0.693. The zero-order valence-corrected chi connectivity index (χ0v) is 14.1. The van der Waals surface area contributed by atoms with Crippen LogP contribution in [0, 0.1) is 5.41 Å². The van der Waals surface area contributed by atoms with Gasteiger partial charge in [-0.1, -0.05) is 23.3 Å². The van der Waals surface area contributed by atoms with E-state index in [0.29, 0.717) is 25.4 Å². The quantitative estimate of drug-likeness (QED) is 0.923. The summed E-state index contributed by atoms with van der Waals surface area (Å²) in [6, 6.07) is 9.21. The van der Waals surface area contributed by atoms with Crippen LogP contribution < -0.4 is 5.32 Å². The van der Waals surface area contributed by atoms with Gasteiger partial charge in [0.2, 0.25) is 11.8 Å². The van der Waals surface area contributed by atoms with Crippen LogP contribution in [0.2, 0.25) is 0 Å². The van der Waals surface area contributed by atoms with E-state index in [0.717, 1.165) is 18.4 Å². The van der Waals surface area contributed by atoms with Gasteiger partial charge in [0.1, 0.15) is 12.2 Å². The third kappa shape index (κ3) is 3.10. The Morgan fingerprint density at radius 1 is 1.32 bits per heavy atom. The Labute approximate surface area is 145 Å². The average Bonchev–Trinajstić information content (AvgIpc) is 3.05. The van der Waals surface area contributed by atoms with Crippen LogP contribution in [0.4, 0.5) is 10.4 Å². The predicted molar refractivity (Wildman–Crippen MR) is 90.6 cm³/mol. The van der Waals surface area contributed by atoms with Crippen LogP contribution in [0.5, 0.6) is 0 Å². The molecule has 1 aromatic carbocycles. The number of alkyl halides is 1. The highest BCUT2D eigenvalue weighted by atomic mass is 19.1. The van der Waals surface area contributed by atoms with Gasteiger partial charge in [0.25, 0.3) is 0 Å². The largest absolute Gasteiger partial charge is 0.403 e. The Balaban J connectivity index is 1.35. The van der Waals surface area contributed by atoms with E-state index in [-0.39, 0.29) is 17.3 Å². The minimum atomic E-state index is -0.671. The third-order valence-corrected chi connectivity index (χ3v) is 5.32. The van der Waals surface area contributed by atoms with E-state index in [1.165, 1.54) is 0 Å². The van der Waals surface area contributed by atoms with Crippen molar-refractivity contribution in [3.05, 3.63) is 30.3 Å². The van der Waals surface area contributed by atoms with Crippen LogP contribution in [-0.4, -0.2) is 46.3 Å². The van der Waals surface area contributed by atoms with E-state index in [4.69, 9.17) is 4.42 Å². The van der Waals surface area contributed by atoms with Crippen molar-refractivity contribution < 1.29 is 13.6 Å². The zero-order chi connectivity index (χ0) is 17.4. The molecular formula is C18H21FN4O2. The van der Waals surface area contributed by atoms with Crippen molar-refractivity contribution in [3.63, 3.8) is 0 Å². The zero-order valence-electron chi connectivity index (χ0n) is 14.1. The predicted octanol–water partition coefficient (Wildman–Crippen LogP) is 2.89. The van der Waals surface area contributed by atoms with Gasteiger partial charge in [0.15, 0.2) is 0 Å². The van der Waals surface area contributed by atoms with Gasteiger partial charge in [-0.15, -0.1) is 5.10 Å². The molecule has 1 aliphatic carbocycles. The van der Waals surface area contributed by atoms with Gasteiger partial charge in [-0.3, -0.25) is 4.79 Å². The molecule has 1 saturated heterocycles. The lowest BCUT2D eigenvalue weighted by molar-refractivity contribution is -0.133. The van der Waals surface area contributed by atoms with Crippen molar-refractivity contribution in [3.8, 4) is 11.5 Å². The Kier molecular flexibility index (Phi) is 3.94. The SMILES string of the molecule is CC(Nc1nnc(-c2ccccc2)o1)C(=O)N1CCC2(CC1)CC2F. The molecule has 6 nitrogen and oxygen atoms in total. The number of nitrogens with zero attached hydrogens (tertiary/aromatic N) is 3. The minimum Gasteiger partial charge on any atom is -0.403 e. The van der Waals surface area contributed by atoms with Crippen LogP contribution in [0.3, 0.4) is 0 Å². The van der Waals surface area contributed by atoms with Crippen LogP contribution in [0.25, 0.3) is 11.5 Å². The molecule has 7 heteroatoms. The fraction of sp³-hybridized carbons (Fsp3) is 0.500. The maximum atomic E-state index is 13.4. The summed E-state index contributed by atoms with van der Waals surface area (Å²) >= 11 is 0. The molecule has 1 N–H and O–H groups in total. The molecule has 2 aliphatic rings. The second kappa shape index (κ2) is 6.13. The second-order valence-electron chi connectivity index (χ2n) is 7.00. The van der Waals surface area contributed by atoms with E-state index in [1.54, 1.807) is 11.8 Å². The van der Waals surface area contributed by atoms with Crippen molar-refractivity contribution in [2.75, 3.05) is 18.4 Å². The molecule has 0 bridgehead atoms. The summed E-state index contributed by atoms with van der Waals surface area (Å²) in [7, 11) is 0. The summed E-state index contributed by atoms with van der Waals surface area (Å²) < 4.78 is 19.0. The minimum absolute atomic E-state index is 0.0228.